The van der Waals surface area contributed by atoms with Crippen LogP contribution in [-0.2, 0) is 4.79 Å². The number of hydrogen-bond acceptors (Lipinski definition) is 3. The van der Waals surface area contributed by atoms with Gasteiger partial charge in [0.25, 0.3) is 0 Å². The first kappa shape index (κ1) is 12.9. The summed E-state index contributed by atoms with van der Waals surface area (Å²) in [5.41, 5.74) is 5.71. The highest BCUT2D eigenvalue weighted by molar-refractivity contribution is 5.92. The fourth-order valence-electron chi connectivity index (χ4n) is 1.99. The standard InChI is InChI=1S/C12H15F2N3O/c13-8-1-2-11(10(14)5-8)16-12(18)7-17-4-3-9(15)6-17/h1-2,5,9H,3-4,6-7,15H2,(H,16,18)/t9-/m1/s1. The lowest BCUT2D eigenvalue weighted by atomic mass is 10.3. The molecular weight excluding hydrogens is 240 g/mol. The van der Waals surface area contributed by atoms with E-state index in [2.05, 4.69) is 5.32 Å². The summed E-state index contributed by atoms with van der Waals surface area (Å²) >= 11 is 0. The summed E-state index contributed by atoms with van der Waals surface area (Å²) in [6.45, 7) is 1.60. The van der Waals surface area contributed by atoms with Crippen molar-refractivity contribution in [2.24, 2.45) is 5.73 Å². The highest BCUT2D eigenvalue weighted by atomic mass is 19.1. The first-order valence-electron chi connectivity index (χ1n) is 5.77. The van der Waals surface area contributed by atoms with Crippen LogP contribution >= 0.6 is 0 Å². The first-order valence-corrected chi connectivity index (χ1v) is 5.77. The molecule has 1 saturated heterocycles. The number of nitrogens with zero attached hydrogens (tertiary/aromatic N) is 1. The Bertz CT molecular complexity index is 453. The van der Waals surface area contributed by atoms with Gasteiger partial charge in [0, 0.05) is 25.2 Å². The van der Waals surface area contributed by atoms with Crippen LogP contribution in [0.2, 0.25) is 0 Å². The molecule has 4 nitrogen and oxygen atoms in total. The summed E-state index contributed by atoms with van der Waals surface area (Å²) in [5.74, 6) is -1.77. The topological polar surface area (TPSA) is 58.4 Å². The van der Waals surface area contributed by atoms with Gasteiger partial charge in [-0.2, -0.15) is 0 Å². The summed E-state index contributed by atoms with van der Waals surface area (Å²) in [7, 11) is 0. The van der Waals surface area contributed by atoms with E-state index in [1.54, 1.807) is 0 Å². The number of amides is 1. The average Bonchev–Trinajstić information content (AvgIpc) is 2.68. The number of nitrogens with one attached hydrogen (secondary N) is 1. The van der Waals surface area contributed by atoms with Crippen LogP contribution in [0.1, 0.15) is 6.42 Å². The predicted octanol–water partition coefficient (Wildman–Crippen LogP) is 0.936. The molecule has 0 radical (unpaired) electrons. The molecule has 18 heavy (non-hydrogen) atoms. The zero-order chi connectivity index (χ0) is 13.1. The molecule has 0 bridgehead atoms. The van der Waals surface area contributed by atoms with Crippen molar-refractivity contribution in [2.45, 2.75) is 12.5 Å². The Morgan fingerprint density at radius 2 is 2.28 bits per heavy atom. The Balaban J connectivity index is 1.91. The molecule has 1 aliphatic rings. The average molecular weight is 255 g/mol. The third-order valence-corrected chi connectivity index (χ3v) is 2.88. The van der Waals surface area contributed by atoms with Gasteiger partial charge in [0.2, 0.25) is 5.91 Å². The molecule has 6 heteroatoms. The molecule has 98 valence electrons. The van der Waals surface area contributed by atoms with E-state index >= 15 is 0 Å². The summed E-state index contributed by atoms with van der Waals surface area (Å²) in [6.07, 6.45) is 0.859. The normalized spacial score (nSPS) is 20.1. The van der Waals surface area contributed by atoms with Crippen LogP contribution in [0.25, 0.3) is 0 Å². The molecule has 0 aliphatic carbocycles. The molecule has 1 amide bonds. The smallest absolute Gasteiger partial charge is 0.238 e. The highest BCUT2D eigenvalue weighted by Gasteiger charge is 2.21. The molecule has 1 atom stereocenters. The third-order valence-electron chi connectivity index (χ3n) is 2.88. The Morgan fingerprint density at radius 3 is 2.89 bits per heavy atom. The molecule has 0 spiro atoms. The molecule has 0 saturated carbocycles. The van der Waals surface area contributed by atoms with Crippen LogP contribution < -0.4 is 11.1 Å². The first-order chi connectivity index (χ1) is 8.54. The van der Waals surface area contributed by atoms with Gasteiger partial charge in [0.1, 0.15) is 11.6 Å². The summed E-state index contributed by atoms with van der Waals surface area (Å²) in [4.78, 5) is 13.6. The zero-order valence-corrected chi connectivity index (χ0v) is 9.83. The molecule has 1 aromatic rings. The number of hydrogen-bond donors (Lipinski definition) is 2. The fourth-order valence-corrected chi connectivity index (χ4v) is 1.99. The summed E-state index contributed by atoms with van der Waals surface area (Å²) in [6, 6.07) is 3.14. The quantitative estimate of drug-likeness (QED) is 0.845. The minimum atomic E-state index is -0.776. The molecule has 0 unspecified atom stereocenters. The molecular formula is C12H15F2N3O. The number of rotatable bonds is 3. The lowest BCUT2D eigenvalue weighted by molar-refractivity contribution is -0.117. The van der Waals surface area contributed by atoms with Gasteiger partial charge in [0.05, 0.1) is 12.2 Å². The van der Waals surface area contributed by atoms with E-state index in [0.717, 1.165) is 25.1 Å². The van der Waals surface area contributed by atoms with Crippen molar-refractivity contribution in [2.75, 3.05) is 25.0 Å². The molecule has 1 heterocycles. The maximum atomic E-state index is 13.3. The Morgan fingerprint density at radius 1 is 1.50 bits per heavy atom. The van der Waals surface area contributed by atoms with Crippen molar-refractivity contribution >= 4 is 11.6 Å². The van der Waals surface area contributed by atoms with E-state index in [4.69, 9.17) is 5.73 Å². The van der Waals surface area contributed by atoms with Crippen molar-refractivity contribution in [3.8, 4) is 0 Å². The molecule has 3 N–H and O–H groups in total. The van der Waals surface area contributed by atoms with Gasteiger partial charge >= 0.3 is 0 Å². The highest BCUT2D eigenvalue weighted by Crippen LogP contribution is 2.15. The zero-order valence-electron chi connectivity index (χ0n) is 9.83. The summed E-state index contributed by atoms with van der Waals surface area (Å²) in [5, 5.41) is 2.42. The van der Waals surface area contributed by atoms with Gasteiger partial charge in [-0.25, -0.2) is 8.78 Å². The minimum Gasteiger partial charge on any atom is -0.326 e. The van der Waals surface area contributed by atoms with E-state index < -0.39 is 11.6 Å². The molecule has 1 aromatic carbocycles. The summed E-state index contributed by atoms with van der Waals surface area (Å²) < 4.78 is 26.0. The number of carbonyl (C=O) groups excluding carboxylic acids is 1. The number of carbonyl (C=O) groups is 1. The van der Waals surface area contributed by atoms with E-state index in [9.17, 15) is 13.6 Å². The second kappa shape index (κ2) is 5.41. The Hall–Kier alpha value is -1.53. The van der Waals surface area contributed by atoms with Crippen LogP contribution in [0.4, 0.5) is 14.5 Å². The number of anilines is 1. The van der Waals surface area contributed by atoms with Crippen molar-refractivity contribution in [1.82, 2.24) is 4.90 Å². The molecule has 0 aromatic heterocycles. The van der Waals surface area contributed by atoms with Crippen LogP contribution in [0, 0.1) is 11.6 Å². The van der Waals surface area contributed by atoms with Gasteiger partial charge in [0.15, 0.2) is 0 Å². The van der Waals surface area contributed by atoms with E-state index in [0.29, 0.717) is 6.54 Å². The Kier molecular flexibility index (Phi) is 3.88. The number of likely N-dealkylation sites (tertiary alicyclic amines) is 1. The predicted molar refractivity (Wildman–Crippen MR) is 64.0 cm³/mol. The van der Waals surface area contributed by atoms with E-state index in [-0.39, 0.29) is 24.2 Å². The van der Waals surface area contributed by atoms with Crippen molar-refractivity contribution in [3.63, 3.8) is 0 Å². The van der Waals surface area contributed by atoms with Crippen molar-refractivity contribution in [1.29, 1.82) is 0 Å². The van der Waals surface area contributed by atoms with Crippen molar-refractivity contribution in [3.05, 3.63) is 29.8 Å². The van der Waals surface area contributed by atoms with Crippen LogP contribution in [-0.4, -0.2) is 36.5 Å². The SMILES string of the molecule is N[C@@H]1CCN(CC(=O)Nc2ccc(F)cc2F)C1. The van der Waals surface area contributed by atoms with Gasteiger partial charge in [-0.05, 0) is 18.6 Å². The molecule has 1 aliphatic heterocycles. The maximum absolute atomic E-state index is 13.3. The lowest BCUT2D eigenvalue weighted by Crippen LogP contribution is -2.33. The van der Waals surface area contributed by atoms with Gasteiger partial charge in [-0.3, -0.25) is 9.69 Å². The molecule has 1 fully saturated rings. The van der Waals surface area contributed by atoms with Gasteiger partial charge < -0.3 is 11.1 Å². The van der Waals surface area contributed by atoms with E-state index in [1.165, 1.54) is 6.07 Å². The van der Waals surface area contributed by atoms with E-state index in [1.807, 2.05) is 4.90 Å². The maximum Gasteiger partial charge on any atom is 0.238 e. The fraction of sp³-hybridized carbons (Fsp3) is 0.417. The second-order valence-electron chi connectivity index (χ2n) is 4.46. The van der Waals surface area contributed by atoms with Gasteiger partial charge in [-0.1, -0.05) is 0 Å². The minimum absolute atomic E-state index is 0.00936. The lowest BCUT2D eigenvalue weighted by Gasteiger charge is -2.14. The van der Waals surface area contributed by atoms with Crippen LogP contribution in [0.5, 0.6) is 0 Å². The second-order valence-corrected chi connectivity index (χ2v) is 4.46. The largest absolute Gasteiger partial charge is 0.326 e. The number of nitrogens with two attached hydrogens (primary N) is 1. The monoisotopic (exact) mass is 255 g/mol. The molecule has 2 rings (SSSR count). The van der Waals surface area contributed by atoms with Crippen LogP contribution in [0.3, 0.4) is 0 Å². The third kappa shape index (κ3) is 3.24. The Labute approximate surface area is 104 Å². The van der Waals surface area contributed by atoms with Gasteiger partial charge in [-0.15, -0.1) is 0 Å². The number of halogens is 2. The number of benzene rings is 1. The van der Waals surface area contributed by atoms with Crippen LogP contribution in [0.15, 0.2) is 18.2 Å². The van der Waals surface area contributed by atoms with Crippen molar-refractivity contribution < 1.29 is 13.6 Å².